The van der Waals surface area contributed by atoms with Crippen LogP contribution in [0, 0.1) is 6.92 Å². The molecule has 1 aromatic carbocycles. The maximum atomic E-state index is 12.2. The number of amides is 1. The number of carbonyl (C=O) groups excluding carboxylic acids is 1. The average molecular weight is 330 g/mol. The van der Waals surface area contributed by atoms with Gasteiger partial charge in [-0.05, 0) is 47.8 Å². The highest BCUT2D eigenvalue weighted by molar-refractivity contribution is 9.10. The fraction of sp³-hybridized carbons (Fsp3) is 0.500. The molecule has 0 bridgehead atoms. The van der Waals surface area contributed by atoms with Gasteiger partial charge < -0.3 is 14.8 Å². The predicted molar refractivity (Wildman–Crippen MR) is 78.9 cm³/mol. The number of nitrogens with one attached hydrogen (secondary N) is 1. The van der Waals surface area contributed by atoms with E-state index in [1.165, 1.54) is 0 Å². The molecule has 1 amide bonds. The molecule has 4 nitrogen and oxygen atoms in total. The number of ether oxygens (including phenoxy) is 2. The molecule has 0 spiro atoms. The Morgan fingerprint density at radius 2 is 2.16 bits per heavy atom. The van der Waals surface area contributed by atoms with E-state index in [1.54, 1.807) is 7.11 Å². The van der Waals surface area contributed by atoms with Gasteiger partial charge in [-0.25, -0.2) is 0 Å². The minimum Gasteiger partial charge on any atom is -0.495 e. The van der Waals surface area contributed by atoms with Crippen molar-refractivity contribution >= 4 is 21.8 Å². The highest BCUT2D eigenvalue weighted by Gasteiger charge is 2.17. The number of halogens is 1. The zero-order valence-electron chi connectivity index (χ0n) is 11.6. The van der Waals surface area contributed by atoms with Crippen molar-refractivity contribution in [3.63, 3.8) is 0 Å². The first kappa shape index (κ1) is 16.0. The molecule has 0 heterocycles. The van der Waals surface area contributed by atoms with Gasteiger partial charge in [-0.3, -0.25) is 4.79 Å². The summed E-state index contributed by atoms with van der Waals surface area (Å²) in [6.07, 6.45) is 0.801. The Balaban J connectivity index is 2.68. The molecule has 1 rings (SSSR count). The Bertz CT molecular complexity index is 435. The van der Waals surface area contributed by atoms with E-state index in [4.69, 9.17) is 9.47 Å². The van der Waals surface area contributed by atoms with Crippen molar-refractivity contribution in [2.45, 2.75) is 20.3 Å². The maximum absolute atomic E-state index is 12.2. The molecule has 0 radical (unpaired) electrons. The third kappa shape index (κ3) is 4.51. The molecule has 0 saturated heterocycles. The second-order valence-electron chi connectivity index (χ2n) is 4.08. The Kier molecular flexibility index (Phi) is 6.87. The summed E-state index contributed by atoms with van der Waals surface area (Å²) < 4.78 is 11.3. The Hall–Kier alpha value is -1.07. The second kappa shape index (κ2) is 8.17. The topological polar surface area (TPSA) is 47.6 Å². The van der Waals surface area contributed by atoms with Crippen LogP contribution in [-0.4, -0.2) is 32.8 Å². The van der Waals surface area contributed by atoms with Crippen molar-refractivity contribution in [2.24, 2.45) is 0 Å². The average Bonchev–Trinajstić information content (AvgIpc) is 2.40. The van der Waals surface area contributed by atoms with Gasteiger partial charge in [-0.1, -0.05) is 6.07 Å². The van der Waals surface area contributed by atoms with Crippen LogP contribution in [0.25, 0.3) is 0 Å². The third-order valence-electron chi connectivity index (χ3n) is 2.70. The van der Waals surface area contributed by atoms with E-state index < -0.39 is 0 Å². The zero-order chi connectivity index (χ0) is 14.3. The molecule has 0 aliphatic rings. The van der Waals surface area contributed by atoms with Crippen LogP contribution >= 0.6 is 15.9 Å². The lowest BCUT2D eigenvalue weighted by Gasteiger charge is -2.13. The quantitative estimate of drug-likeness (QED) is 0.782. The van der Waals surface area contributed by atoms with Crippen molar-refractivity contribution in [1.29, 1.82) is 0 Å². The van der Waals surface area contributed by atoms with E-state index in [-0.39, 0.29) is 5.91 Å². The lowest BCUT2D eigenvalue weighted by Crippen LogP contribution is -2.26. The fourth-order valence-electron chi connectivity index (χ4n) is 1.75. The summed E-state index contributed by atoms with van der Waals surface area (Å²) in [6, 6.07) is 3.77. The third-order valence-corrected chi connectivity index (χ3v) is 3.33. The number of carbonyl (C=O) groups is 1. The molecular formula is C14H20BrNO3. The highest BCUT2D eigenvalue weighted by atomic mass is 79.9. The summed E-state index contributed by atoms with van der Waals surface area (Å²) in [7, 11) is 1.56. The van der Waals surface area contributed by atoms with E-state index in [9.17, 15) is 4.79 Å². The van der Waals surface area contributed by atoms with E-state index in [1.807, 2.05) is 26.0 Å². The summed E-state index contributed by atoms with van der Waals surface area (Å²) in [5, 5.41) is 2.88. The van der Waals surface area contributed by atoms with Crippen LogP contribution in [0.5, 0.6) is 5.75 Å². The van der Waals surface area contributed by atoms with Gasteiger partial charge in [-0.15, -0.1) is 0 Å². The minimum absolute atomic E-state index is 0.118. The largest absolute Gasteiger partial charge is 0.495 e. The number of methoxy groups -OCH3 is 1. The van der Waals surface area contributed by atoms with Crippen LogP contribution < -0.4 is 10.1 Å². The molecule has 0 aromatic heterocycles. The summed E-state index contributed by atoms with van der Waals surface area (Å²) in [5.41, 5.74) is 1.47. The van der Waals surface area contributed by atoms with Crippen LogP contribution in [0.2, 0.25) is 0 Å². The van der Waals surface area contributed by atoms with Gasteiger partial charge in [-0.2, -0.15) is 0 Å². The second-order valence-corrected chi connectivity index (χ2v) is 4.93. The molecule has 0 atom stereocenters. The van der Waals surface area contributed by atoms with Crippen molar-refractivity contribution in [2.75, 3.05) is 26.9 Å². The van der Waals surface area contributed by atoms with E-state index in [0.29, 0.717) is 31.1 Å². The molecule has 0 saturated carbocycles. The molecule has 0 unspecified atom stereocenters. The van der Waals surface area contributed by atoms with E-state index in [0.717, 1.165) is 16.5 Å². The van der Waals surface area contributed by atoms with Crippen LogP contribution in [0.4, 0.5) is 0 Å². The Morgan fingerprint density at radius 3 is 2.79 bits per heavy atom. The van der Waals surface area contributed by atoms with Crippen LogP contribution in [0.3, 0.4) is 0 Å². The SMILES string of the molecule is CCOCCCNC(=O)c1c(C)ccc(Br)c1OC. The number of aryl methyl sites for hydroxylation is 1. The van der Waals surface area contributed by atoms with Gasteiger partial charge in [0.25, 0.3) is 5.91 Å². The Morgan fingerprint density at radius 1 is 1.42 bits per heavy atom. The molecule has 106 valence electrons. The van der Waals surface area contributed by atoms with Gasteiger partial charge in [0.15, 0.2) is 0 Å². The lowest BCUT2D eigenvalue weighted by atomic mass is 10.1. The van der Waals surface area contributed by atoms with Gasteiger partial charge in [0, 0.05) is 19.8 Å². The first-order valence-corrected chi connectivity index (χ1v) is 7.10. The molecule has 0 aliphatic carbocycles. The van der Waals surface area contributed by atoms with Crippen molar-refractivity contribution in [1.82, 2.24) is 5.32 Å². The number of benzene rings is 1. The van der Waals surface area contributed by atoms with E-state index in [2.05, 4.69) is 21.2 Å². The summed E-state index contributed by atoms with van der Waals surface area (Å²) >= 11 is 3.39. The maximum Gasteiger partial charge on any atom is 0.255 e. The molecule has 5 heteroatoms. The smallest absolute Gasteiger partial charge is 0.255 e. The number of rotatable bonds is 7. The number of hydrogen-bond donors (Lipinski definition) is 1. The van der Waals surface area contributed by atoms with Gasteiger partial charge in [0.2, 0.25) is 0 Å². The summed E-state index contributed by atoms with van der Waals surface area (Å²) in [5.74, 6) is 0.453. The molecule has 1 N–H and O–H groups in total. The molecule has 0 aliphatic heterocycles. The summed E-state index contributed by atoms with van der Waals surface area (Å²) in [6.45, 7) is 5.80. The standard InChI is InChI=1S/C14H20BrNO3/c1-4-19-9-5-8-16-14(17)12-10(2)6-7-11(15)13(12)18-3/h6-7H,4-5,8-9H2,1-3H3,(H,16,17). The van der Waals surface area contributed by atoms with Crippen LogP contribution in [0.15, 0.2) is 16.6 Å². The van der Waals surface area contributed by atoms with Gasteiger partial charge >= 0.3 is 0 Å². The molecule has 0 fully saturated rings. The molecule has 19 heavy (non-hydrogen) atoms. The van der Waals surface area contributed by atoms with Gasteiger partial charge in [0.1, 0.15) is 5.75 Å². The molecular weight excluding hydrogens is 310 g/mol. The first-order chi connectivity index (χ1) is 9.11. The van der Waals surface area contributed by atoms with Crippen LogP contribution in [-0.2, 0) is 4.74 Å². The summed E-state index contributed by atoms with van der Waals surface area (Å²) in [4.78, 5) is 12.2. The predicted octanol–water partition coefficient (Wildman–Crippen LogP) is 2.92. The Labute approximate surface area is 122 Å². The minimum atomic E-state index is -0.118. The zero-order valence-corrected chi connectivity index (χ0v) is 13.2. The highest BCUT2D eigenvalue weighted by Crippen LogP contribution is 2.31. The fourth-order valence-corrected chi connectivity index (χ4v) is 2.24. The number of hydrogen-bond acceptors (Lipinski definition) is 3. The molecule has 1 aromatic rings. The van der Waals surface area contributed by atoms with Crippen molar-refractivity contribution in [3.8, 4) is 5.75 Å². The van der Waals surface area contributed by atoms with Crippen molar-refractivity contribution < 1.29 is 14.3 Å². The van der Waals surface area contributed by atoms with E-state index >= 15 is 0 Å². The monoisotopic (exact) mass is 329 g/mol. The van der Waals surface area contributed by atoms with Crippen molar-refractivity contribution in [3.05, 3.63) is 27.7 Å². The lowest BCUT2D eigenvalue weighted by molar-refractivity contribution is 0.0940. The normalized spacial score (nSPS) is 10.3. The van der Waals surface area contributed by atoms with Crippen LogP contribution in [0.1, 0.15) is 29.3 Å². The van der Waals surface area contributed by atoms with Gasteiger partial charge in [0.05, 0.1) is 17.1 Å². The first-order valence-electron chi connectivity index (χ1n) is 6.30.